The fraction of sp³-hybridized carbons (Fsp3) is 0.385. The SMILES string of the molecule is COc1ccc(F)cc1S(=O)(=O)N1CCC(n2nccn2)C1. The molecule has 1 aromatic heterocycles. The maximum atomic E-state index is 13.4. The Hall–Kier alpha value is -2.00. The van der Waals surface area contributed by atoms with Gasteiger partial charge in [-0.15, -0.1) is 0 Å². The first-order chi connectivity index (χ1) is 10.5. The van der Waals surface area contributed by atoms with Crippen molar-refractivity contribution in [3.05, 3.63) is 36.4 Å². The number of aromatic nitrogens is 3. The minimum atomic E-state index is -3.83. The second-order valence-electron chi connectivity index (χ2n) is 4.95. The minimum Gasteiger partial charge on any atom is -0.495 e. The summed E-state index contributed by atoms with van der Waals surface area (Å²) < 4.78 is 45.2. The van der Waals surface area contributed by atoms with Crippen molar-refractivity contribution < 1.29 is 17.5 Å². The molecule has 1 aromatic carbocycles. The highest BCUT2D eigenvalue weighted by molar-refractivity contribution is 7.89. The number of halogens is 1. The van der Waals surface area contributed by atoms with E-state index in [0.29, 0.717) is 13.0 Å². The molecule has 1 aliphatic heterocycles. The Morgan fingerprint density at radius 3 is 2.73 bits per heavy atom. The molecule has 1 aliphatic rings. The maximum absolute atomic E-state index is 13.4. The van der Waals surface area contributed by atoms with Crippen LogP contribution >= 0.6 is 0 Å². The van der Waals surface area contributed by atoms with Crippen molar-refractivity contribution in [1.29, 1.82) is 0 Å². The van der Waals surface area contributed by atoms with Gasteiger partial charge < -0.3 is 4.74 Å². The first-order valence-corrected chi connectivity index (χ1v) is 8.16. The topological polar surface area (TPSA) is 77.3 Å². The van der Waals surface area contributed by atoms with E-state index in [0.717, 1.165) is 12.1 Å². The lowest BCUT2D eigenvalue weighted by atomic mass is 10.3. The number of rotatable bonds is 4. The molecule has 0 spiro atoms. The van der Waals surface area contributed by atoms with Crippen LogP contribution in [0, 0.1) is 5.82 Å². The molecule has 118 valence electrons. The van der Waals surface area contributed by atoms with Crippen LogP contribution in [0.5, 0.6) is 5.75 Å². The van der Waals surface area contributed by atoms with Gasteiger partial charge in [0, 0.05) is 13.1 Å². The van der Waals surface area contributed by atoms with E-state index in [1.165, 1.54) is 22.3 Å². The standard InChI is InChI=1S/C13H15FN4O3S/c1-21-12-3-2-10(14)8-13(12)22(19,20)17-7-4-11(9-17)18-15-5-6-16-18/h2-3,5-6,8,11H,4,7,9H2,1H3. The fourth-order valence-corrected chi connectivity index (χ4v) is 4.18. The van der Waals surface area contributed by atoms with E-state index in [9.17, 15) is 12.8 Å². The van der Waals surface area contributed by atoms with Gasteiger partial charge in [0.15, 0.2) is 0 Å². The first kappa shape index (κ1) is 14.9. The molecule has 1 saturated heterocycles. The highest BCUT2D eigenvalue weighted by atomic mass is 32.2. The van der Waals surface area contributed by atoms with Gasteiger partial charge >= 0.3 is 0 Å². The summed E-state index contributed by atoms with van der Waals surface area (Å²) in [6, 6.07) is 3.33. The maximum Gasteiger partial charge on any atom is 0.246 e. The molecular formula is C13H15FN4O3S. The van der Waals surface area contributed by atoms with Gasteiger partial charge in [-0.05, 0) is 24.6 Å². The van der Waals surface area contributed by atoms with Crippen LogP contribution in [-0.2, 0) is 10.0 Å². The van der Waals surface area contributed by atoms with Gasteiger partial charge in [0.2, 0.25) is 10.0 Å². The summed E-state index contributed by atoms with van der Waals surface area (Å²) in [6.07, 6.45) is 3.70. The van der Waals surface area contributed by atoms with E-state index in [1.807, 2.05) is 0 Å². The van der Waals surface area contributed by atoms with Crippen molar-refractivity contribution in [2.45, 2.75) is 17.4 Å². The number of nitrogens with zero attached hydrogens (tertiary/aromatic N) is 4. The van der Waals surface area contributed by atoms with Crippen molar-refractivity contribution >= 4 is 10.0 Å². The molecule has 1 fully saturated rings. The highest BCUT2D eigenvalue weighted by Crippen LogP contribution is 2.31. The van der Waals surface area contributed by atoms with Crippen LogP contribution in [0.2, 0.25) is 0 Å². The van der Waals surface area contributed by atoms with Crippen LogP contribution in [0.15, 0.2) is 35.5 Å². The molecule has 0 aliphatic carbocycles. The van der Waals surface area contributed by atoms with Gasteiger partial charge in [-0.2, -0.15) is 19.3 Å². The van der Waals surface area contributed by atoms with Crippen molar-refractivity contribution in [2.24, 2.45) is 0 Å². The van der Waals surface area contributed by atoms with Crippen LogP contribution in [0.25, 0.3) is 0 Å². The van der Waals surface area contributed by atoms with Gasteiger partial charge in [-0.1, -0.05) is 0 Å². The van der Waals surface area contributed by atoms with Crippen LogP contribution < -0.4 is 4.74 Å². The number of benzene rings is 1. The molecule has 1 atom stereocenters. The molecule has 2 heterocycles. The number of hydrogen-bond donors (Lipinski definition) is 0. The van der Waals surface area contributed by atoms with Gasteiger partial charge in [-0.25, -0.2) is 12.8 Å². The van der Waals surface area contributed by atoms with E-state index in [-0.39, 0.29) is 23.2 Å². The molecule has 0 amide bonds. The lowest BCUT2D eigenvalue weighted by Crippen LogP contribution is -2.30. The van der Waals surface area contributed by atoms with Crippen molar-refractivity contribution in [3.8, 4) is 5.75 Å². The van der Waals surface area contributed by atoms with Crippen LogP contribution in [0.4, 0.5) is 4.39 Å². The van der Waals surface area contributed by atoms with E-state index in [4.69, 9.17) is 4.74 Å². The highest BCUT2D eigenvalue weighted by Gasteiger charge is 2.35. The van der Waals surface area contributed by atoms with Crippen LogP contribution in [0.1, 0.15) is 12.5 Å². The van der Waals surface area contributed by atoms with Crippen molar-refractivity contribution in [1.82, 2.24) is 19.3 Å². The Labute approximate surface area is 127 Å². The molecule has 0 saturated carbocycles. The normalized spacial score (nSPS) is 19.5. The summed E-state index contributed by atoms with van der Waals surface area (Å²) >= 11 is 0. The number of methoxy groups -OCH3 is 1. The zero-order valence-corrected chi connectivity index (χ0v) is 12.7. The summed E-state index contributed by atoms with van der Waals surface area (Å²) in [7, 11) is -2.47. The molecular weight excluding hydrogens is 311 g/mol. The lowest BCUT2D eigenvalue weighted by molar-refractivity contribution is 0.389. The third-order valence-electron chi connectivity index (χ3n) is 3.63. The summed E-state index contributed by atoms with van der Waals surface area (Å²) in [5.74, 6) is -0.495. The second-order valence-corrected chi connectivity index (χ2v) is 6.86. The van der Waals surface area contributed by atoms with Crippen molar-refractivity contribution in [3.63, 3.8) is 0 Å². The Balaban J connectivity index is 1.90. The molecule has 22 heavy (non-hydrogen) atoms. The summed E-state index contributed by atoms with van der Waals surface area (Å²) in [6.45, 7) is 0.574. The van der Waals surface area contributed by atoms with Crippen molar-refractivity contribution in [2.75, 3.05) is 20.2 Å². The van der Waals surface area contributed by atoms with E-state index in [1.54, 1.807) is 12.4 Å². The van der Waals surface area contributed by atoms with Gasteiger partial charge in [0.05, 0.1) is 25.5 Å². The van der Waals surface area contributed by atoms with Gasteiger partial charge in [0.25, 0.3) is 0 Å². The summed E-state index contributed by atoms with van der Waals surface area (Å²) in [5.41, 5.74) is 0. The molecule has 2 aromatic rings. The average molecular weight is 326 g/mol. The van der Waals surface area contributed by atoms with Crippen LogP contribution in [0.3, 0.4) is 0 Å². The molecule has 0 bridgehead atoms. The number of hydrogen-bond acceptors (Lipinski definition) is 5. The number of sulfonamides is 1. The minimum absolute atomic E-state index is 0.121. The molecule has 7 nitrogen and oxygen atoms in total. The molecule has 0 radical (unpaired) electrons. The average Bonchev–Trinajstić information content (AvgIpc) is 3.18. The largest absolute Gasteiger partial charge is 0.495 e. The zero-order chi connectivity index (χ0) is 15.7. The predicted molar refractivity (Wildman–Crippen MR) is 75.4 cm³/mol. The molecule has 0 N–H and O–H groups in total. The van der Waals surface area contributed by atoms with E-state index >= 15 is 0 Å². The summed E-state index contributed by atoms with van der Waals surface area (Å²) in [4.78, 5) is 1.34. The predicted octanol–water partition coefficient (Wildman–Crippen LogP) is 1.06. The smallest absolute Gasteiger partial charge is 0.246 e. The fourth-order valence-electron chi connectivity index (χ4n) is 2.52. The second kappa shape index (κ2) is 5.65. The third kappa shape index (κ3) is 2.57. The Kier molecular flexibility index (Phi) is 3.83. The summed E-state index contributed by atoms with van der Waals surface area (Å²) in [5, 5.41) is 8.07. The van der Waals surface area contributed by atoms with E-state index < -0.39 is 15.8 Å². The number of ether oxygens (including phenoxy) is 1. The van der Waals surface area contributed by atoms with E-state index in [2.05, 4.69) is 10.2 Å². The Morgan fingerprint density at radius 2 is 2.05 bits per heavy atom. The first-order valence-electron chi connectivity index (χ1n) is 6.72. The Bertz CT molecular complexity index is 764. The van der Waals surface area contributed by atoms with Gasteiger partial charge in [0.1, 0.15) is 16.5 Å². The zero-order valence-electron chi connectivity index (χ0n) is 11.9. The molecule has 1 unspecified atom stereocenters. The quantitative estimate of drug-likeness (QED) is 0.840. The Morgan fingerprint density at radius 1 is 1.32 bits per heavy atom. The molecule has 3 rings (SSSR count). The van der Waals surface area contributed by atoms with Gasteiger partial charge in [-0.3, -0.25) is 0 Å². The lowest BCUT2D eigenvalue weighted by Gasteiger charge is -2.18. The molecule has 9 heteroatoms. The third-order valence-corrected chi connectivity index (χ3v) is 5.52. The monoisotopic (exact) mass is 326 g/mol. The van der Waals surface area contributed by atoms with Crippen LogP contribution in [-0.4, -0.2) is 47.9 Å².